The van der Waals surface area contributed by atoms with E-state index in [0.717, 1.165) is 26.1 Å². The van der Waals surface area contributed by atoms with E-state index in [4.69, 9.17) is 17.2 Å². The molecular weight excluding hydrogens is 212 g/mol. The van der Waals surface area contributed by atoms with Gasteiger partial charge in [-0.15, -0.1) is 0 Å². The van der Waals surface area contributed by atoms with Crippen molar-refractivity contribution in [2.24, 2.45) is 23.1 Å². The lowest BCUT2D eigenvalue weighted by molar-refractivity contribution is 0.211. The van der Waals surface area contributed by atoms with Crippen LogP contribution in [0.5, 0.6) is 0 Å². The van der Waals surface area contributed by atoms with Gasteiger partial charge >= 0.3 is 0 Å². The number of nitrogens with zero attached hydrogens (tertiary/aromatic N) is 1. The quantitative estimate of drug-likeness (QED) is 0.559. The Hall–Kier alpha value is -0.160. The second-order valence-electron chi connectivity index (χ2n) is 5.83. The fourth-order valence-electron chi connectivity index (χ4n) is 2.12. The summed E-state index contributed by atoms with van der Waals surface area (Å²) < 4.78 is 0. The second kappa shape index (κ2) is 8.86. The van der Waals surface area contributed by atoms with Crippen LogP contribution in [0.3, 0.4) is 0 Å². The maximum absolute atomic E-state index is 5.86. The number of rotatable bonds is 9. The Bertz CT molecular complexity index is 170. The summed E-state index contributed by atoms with van der Waals surface area (Å²) in [4.78, 5) is 2.38. The van der Waals surface area contributed by atoms with Crippen molar-refractivity contribution in [1.29, 1.82) is 0 Å². The molecule has 0 aliphatic rings. The summed E-state index contributed by atoms with van der Waals surface area (Å²) in [5, 5.41) is 0. The molecule has 0 aliphatic heterocycles. The van der Waals surface area contributed by atoms with Crippen LogP contribution in [0.25, 0.3) is 0 Å². The van der Waals surface area contributed by atoms with E-state index in [1.807, 2.05) is 13.8 Å². The summed E-state index contributed by atoms with van der Waals surface area (Å²) in [7, 11) is 0. The third-order valence-corrected chi connectivity index (χ3v) is 2.78. The normalized spacial score (nSPS) is 19.1. The summed E-state index contributed by atoms with van der Waals surface area (Å²) in [5.41, 5.74) is 17.5. The molecular formula is C13H32N4. The van der Waals surface area contributed by atoms with Gasteiger partial charge in [-0.1, -0.05) is 6.92 Å². The molecule has 0 amide bonds. The largest absolute Gasteiger partial charge is 0.328 e. The molecule has 0 saturated carbocycles. The molecule has 0 bridgehead atoms. The van der Waals surface area contributed by atoms with E-state index in [1.165, 1.54) is 6.42 Å². The molecule has 0 saturated heterocycles. The van der Waals surface area contributed by atoms with Gasteiger partial charge in [-0.25, -0.2) is 0 Å². The van der Waals surface area contributed by atoms with Crippen LogP contribution in [0, 0.1) is 5.92 Å². The van der Waals surface area contributed by atoms with Gasteiger partial charge in [0.25, 0.3) is 0 Å². The smallest absolute Gasteiger partial charge is 0.0139 e. The number of hydrogen-bond acceptors (Lipinski definition) is 4. The van der Waals surface area contributed by atoms with Crippen LogP contribution in [-0.2, 0) is 0 Å². The Morgan fingerprint density at radius 2 is 1.18 bits per heavy atom. The van der Waals surface area contributed by atoms with Crippen molar-refractivity contribution >= 4 is 0 Å². The van der Waals surface area contributed by atoms with E-state index < -0.39 is 0 Å². The van der Waals surface area contributed by atoms with Crippen molar-refractivity contribution in [3.63, 3.8) is 0 Å². The highest BCUT2D eigenvalue weighted by molar-refractivity contribution is 4.71. The first-order chi connectivity index (χ1) is 7.81. The lowest BCUT2D eigenvalue weighted by Gasteiger charge is -2.28. The second-order valence-corrected chi connectivity index (χ2v) is 5.83. The molecule has 0 aromatic rings. The zero-order chi connectivity index (χ0) is 13.4. The third-order valence-electron chi connectivity index (χ3n) is 2.78. The topological polar surface area (TPSA) is 81.3 Å². The van der Waals surface area contributed by atoms with Gasteiger partial charge in [0.15, 0.2) is 0 Å². The summed E-state index contributed by atoms with van der Waals surface area (Å²) in [5.74, 6) is 0.651. The molecule has 4 unspecified atom stereocenters. The molecule has 0 aromatic heterocycles. The SMILES string of the molecule is CC(N)CCC(C)CN(CC(C)N)CC(C)N. The van der Waals surface area contributed by atoms with Crippen molar-refractivity contribution in [2.45, 2.75) is 58.7 Å². The van der Waals surface area contributed by atoms with Crippen molar-refractivity contribution < 1.29 is 0 Å². The number of nitrogens with two attached hydrogens (primary N) is 3. The lowest BCUT2D eigenvalue weighted by atomic mass is 10.0. The van der Waals surface area contributed by atoms with Crippen LogP contribution >= 0.6 is 0 Å². The molecule has 0 radical (unpaired) electrons. The van der Waals surface area contributed by atoms with Gasteiger partial charge in [0.2, 0.25) is 0 Å². The van der Waals surface area contributed by atoms with Crippen LogP contribution in [0.1, 0.15) is 40.5 Å². The van der Waals surface area contributed by atoms with E-state index in [-0.39, 0.29) is 12.1 Å². The summed E-state index contributed by atoms with van der Waals surface area (Å²) in [6, 6.07) is 0.705. The molecule has 4 nitrogen and oxygen atoms in total. The van der Waals surface area contributed by atoms with Gasteiger partial charge in [0.1, 0.15) is 0 Å². The van der Waals surface area contributed by atoms with Crippen LogP contribution < -0.4 is 17.2 Å². The first kappa shape index (κ1) is 16.8. The van der Waals surface area contributed by atoms with Crippen LogP contribution in [-0.4, -0.2) is 42.7 Å². The summed E-state index contributed by atoms with van der Waals surface area (Å²) >= 11 is 0. The van der Waals surface area contributed by atoms with Crippen molar-refractivity contribution in [1.82, 2.24) is 4.90 Å². The first-order valence-electron chi connectivity index (χ1n) is 6.80. The minimum absolute atomic E-state index is 0.203. The molecule has 104 valence electrons. The Kier molecular flexibility index (Phi) is 8.78. The van der Waals surface area contributed by atoms with Gasteiger partial charge in [-0.05, 0) is 39.5 Å². The van der Waals surface area contributed by atoms with Crippen LogP contribution in [0.15, 0.2) is 0 Å². The molecule has 4 atom stereocenters. The first-order valence-corrected chi connectivity index (χ1v) is 6.80. The van der Waals surface area contributed by atoms with E-state index in [2.05, 4.69) is 18.7 Å². The van der Waals surface area contributed by atoms with Gasteiger partial charge in [-0.2, -0.15) is 0 Å². The van der Waals surface area contributed by atoms with Crippen molar-refractivity contribution in [3.8, 4) is 0 Å². The van der Waals surface area contributed by atoms with E-state index in [1.54, 1.807) is 0 Å². The predicted octanol–water partition coefficient (Wildman–Crippen LogP) is 0.746. The Morgan fingerprint density at radius 1 is 0.706 bits per heavy atom. The Labute approximate surface area is 107 Å². The van der Waals surface area contributed by atoms with E-state index in [9.17, 15) is 0 Å². The summed E-state index contributed by atoms with van der Waals surface area (Å²) in [6.45, 7) is 11.3. The lowest BCUT2D eigenvalue weighted by Crippen LogP contribution is -2.43. The molecule has 0 aliphatic carbocycles. The minimum atomic E-state index is 0.203. The third kappa shape index (κ3) is 10.7. The van der Waals surface area contributed by atoms with Gasteiger partial charge < -0.3 is 22.1 Å². The monoisotopic (exact) mass is 244 g/mol. The molecule has 4 heteroatoms. The highest BCUT2D eigenvalue weighted by Crippen LogP contribution is 2.10. The minimum Gasteiger partial charge on any atom is -0.328 e. The average molecular weight is 244 g/mol. The standard InChI is InChI=1S/C13H32N4/c1-10(5-6-11(2)14)7-17(8-12(3)15)9-13(4)16/h10-13H,5-9,14-16H2,1-4H3. The maximum atomic E-state index is 5.86. The van der Waals surface area contributed by atoms with Crippen molar-refractivity contribution in [2.75, 3.05) is 19.6 Å². The molecule has 0 rings (SSSR count). The van der Waals surface area contributed by atoms with E-state index >= 15 is 0 Å². The molecule has 6 N–H and O–H groups in total. The van der Waals surface area contributed by atoms with E-state index in [0.29, 0.717) is 12.0 Å². The number of hydrogen-bond donors (Lipinski definition) is 3. The fourth-order valence-corrected chi connectivity index (χ4v) is 2.12. The zero-order valence-corrected chi connectivity index (χ0v) is 12.0. The molecule has 0 heterocycles. The zero-order valence-electron chi connectivity index (χ0n) is 12.0. The van der Waals surface area contributed by atoms with Crippen LogP contribution in [0.2, 0.25) is 0 Å². The summed E-state index contributed by atoms with van der Waals surface area (Å²) in [6.07, 6.45) is 2.26. The van der Waals surface area contributed by atoms with Crippen LogP contribution in [0.4, 0.5) is 0 Å². The van der Waals surface area contributed by atoms with Crippen molar-refractivity contribution in [3.05, 3.63) is 0 Å². The predicted molar refractivity (Wildman–Crippen MR) is 75.8 cm³/mol. The Morgan fingerprint density at radius 3 is 1.53 bits per heavy atom. The highest BCUT2D eigenvalue weighted by Gasteiger charge is 2.13. The Balaban J connectivity index is 4.03. The van der Waals surface area contributed by atoms with Gasteiger partial charge in [-0.3, -0.25) is 0 Å². The fraction of sp³-hybridized carbons (Fsp3) is 1.00. The molecule has 0 spiro atoms. The maximum Gasteiger partial charge on any atom is 0.0139 e. The molecule has 0 aromatic carbocycles. The van der Waals surface area contributed by atoms with Gasteiger partial charge in [0.05, 0.1) is 0 Å². The molecule has 17 heavy (non-hydrogen) atoms. The highest BCUT2D eigenvalue weighted by atomic mass is 15.1. The average Bonchev–Trinajstić information content (AvgIpc) is 2.12. The van der Waals surface area contributed by atoms with Gasteiger partial charge in [0, 0.05) is 37.8 Å². The molecule has 0 fully saturated rings.